The van der Waals surface area contributed by atoms with Gasteiger partial charge in [0, 0.05) is 17.3 Å². The molecule has 2 aromatic carbocycles. The van der Waals surface area contributed by atoms with Gasteiger partial charge in [0.15, 0.2) is 0 Å². The Morgan fingerprint density at radius 3 is 2.50 bits per heavy atom. The lowest BCUT2D eigenvalue weighted by atomic mass is 10.2. The molecule has 0 bridgehead atoms. The molecule has 20 heavy (non-hydrogen) atoms. The third-order valence-electron chi connectivity index (χ3n) is 2.78. The van der Waals surface area contributed by atoms with E-state index in [0.717, 1.165) is 5.69 Å². The molecule has 2 rings (SSSR count). The third kappa shape index (κ3) is 3.96. The van der Waals surface area contributed by atoms with Gasteiger partial charge in [-0.15, -0.1) is 0 Å². The van der Waals surface area contributed by atoms with Crippen LogP contribution in [0.25, 0.3) is 0 Å². The summed E-state index contributed by atoms with van der Waals surface area (Å²) in [4.78, 5) is 12.6. The largest absolute Gasteiger partial charge is 0.480 e. The van der Waals surface area contributed by atoms with E-state index in [4.69, 9.17) is 16.7 Å². The normalized spacial score (nSPS) is 10.3. The van der Waals surface area contributed by atoms with Crippen LogP contribution in [0.2, 0.25) is 5.02 Å². The molecule has 0 aromatic heterocycles. The minimum absolute atomic E-state index is 0.169. The number of carboxylic acids is 1. The number of anilines is 1. The van der Waals surface area contributed by atoms with E-state index in [2.05, 4.69) is 0 Å². The number of rotatable bonds is 5. The van der Waals surface area contributed by atoms with E-state index in [1.54, 1.807) is 41.3 Å². The number of benzene rings is 2. The maximum absolute atomic E-state index is 13.2. The lowest BCUT2D eigenvalue weighted by Gasteiger charge is -2.23. The minimum atomic E-state index is -0.948. The monoisotopic (exact) mass is 293 g/mol. The summed E-state index contributed by atoms with van der Waals surface area (Å²) in [6.45, 7) is 0.143. The fraction of sp³-hybridized carbons (Fsp3) is 0.133. The Morgan fingerprint density at radius 1 is 1.20 bits per heavy atom. The lowest BCUT2D eigenvalue weighted by Crippen LogP contribution is -2.29. The summed E-state index contributed by atoms with van der Waals surface area (Å²) < 4.78 is 13.2. The quantitative estimate of drug-likeness (QED) is 0.916. The van der Waals surface area contributed by atoms with Crippen LogP contribution >= 0.6 is 11.6 Å². The van der Waals surface area contributed by atoms with Crippen molar-refractivity contribution in [3.05, 3.63) is 64.9 Å². The van der Waals surface area contributed by atoms with Crippen LogP contribution < -0.4 is 4.90 Å². The molecule has 0 spiro atoms. The van der Waals surface area contributed by atoms with Gasteiger partial charge in [-0.25, -0.2) is 4.39 Å². The van der Waals surface area contributed by atoms with Gasteiger partial charge in [-0.2, -0.15) is 0 Å². The molecule has 0 atom stereocenters. The topological polar surface area (TPSA) is 40.5 Å². The number of carboxylic acid groups (broad SMARTS) is 1. The summed E-state index contributed by atoms with van der Waals surface area (Å²) >= 11 is 5.82. The van der Waals surface area contributed by atoms with E-state index in [1.165, 1.54) is 12.1 Å². The number of halogens is 2. The second-order valence-electron chi connectivity index (χ2n) is 4.36. The summed E-state index contributed by atoms with van der Waals surface area (Å²) in [5.74, 6) is -1.29. The average Bonchev–Trinajstić information content (AvgIpc) is 2.38. The zero-order valence-electron chi connectivity index (χ0n) is 10.6. The first-order chi connectivity index (χ1) is 9.54. The first-order valence-electron chi connectivity index (χ1n) is 6.01. The zero-order chi connectivity index (χ0) is 14.5. The summed E-state index contributed by atoms with van der Waals surface area (Å²) in [7, 11) is 0. The summed E-state index contributed by atoms with van der Waals surface area (Å²) in [5.41, 5.74) is 1.43. The number of nitrogens with zero attached hydrogens (tertiary/aromatic N) is 1. The molecule has 0 saturated carbocycles. The van der Waals surface area contributed by atoms with Gasteiger partial charge < -0.3 is 10.0 Å². The van der Waals surface area contributed by atoms with Gasteiger partial charge >= 0.3 is 5.97 Å². The molecule has 0 amide bonds. The van der Waals surface area contributed by atoms with Crippen molar-refractivity contribution >= 4 is 23.3 Å². The fourth-order valence-electron chi connectivity index (χ4n) is 1.91. The number of hydrogen-bond donors (Lipinski definition) is 1. The number of aliphatic carboxylic acids is 1. The zero-order valence-corrected chi connectivity index (χ0v) is 11.3. The number of carbonyl (C=O) groups is 1. The van der Waals surface area contributed by atoms with Crippen LogP contribution in [0, 0.1) is 5.82 Å². The molecule has 0 saturated heterocycles. The van der Waals surface area contributed by atoms with E-state index >= 15 is 0 Å². The highest BCUT2D eigenvalue weighted by atomic mass is 35.5. The Hall–Kier alpha value is -2.07. The highest BCUT2D eigenvalue weighted by molar-refractivity contribution is 6.30. The standard InChI is InChI=1S/C15H13ClFNO2/c16-12-4-6-14(7-5-12)18(10-15(19)20)9-11-2-1-3-13(17)8-11/h1-8H,9-10H2,(H,19,20). The summed E-state index contributed by atoms with van der Waals surface area (Å²) in [6, 6.07) is 13.0. The van der Waals surface area contributed by atoms with Crippen molar-refractivity contribution in [3.63, 3.8) is 0 Å². The SMILES string of the molecule is O=C(O)CN(Cc1cccc(F)c1)c1ccc(Cl)cc1. The van der Waals surface area contributed by atoms with Crippen molar-refractivity contribution in [2.75, 3.05) is 11.4 Å². The first kappa shape index (κ1) is 14.3. The van der Waals surface area contributed by atoms with Gasteiger partial charge in [0.25, 0.3) is 0 Å². The van der Waals surface area contributed by atoms with Crippen molar-refractivity contribution in [2.45, 2.75) is 6.54 Å². The Bertz CT molecular complexity index is 601. The average molecular weight is 294 g/mol. The molecule has 0 fully saturated rings. The van der Waals surface area contributed by atoms with Gasteiger partial charge in [0.05, 0.1) is 0 Å². The molecule has 0 aliphatic rings. The Balaban J connectivity index is 2.23. The molecule has 0 aliphatic carbocycles. The maximum Gasteiger partial charge on any atom is 0.323 e. The molecule has 1 N–H and O–H groups in total. The van der Waals surface area contributed by atoms with Crippen molar-refractivity contribution in [3.8, 4) is 0 Å². The van der Waals surface area contributed by atoms with E-state index in [1.807, 2.05) is 0 Å². The fourth-order valence-corrected chi connectivity index (χ4v) is 2.04. The van der Waals surface area contributed by atoms with Crippen LogP contribution in [0.5, 0.6) is 0 Å². The van der Waals surface area contributed by atoms with Crippen LogP contribution in [0.3, 0.4) is 0 Å². The maximum atomic E-state index is 13.2. The molecule has 0 aliphatic heterocycles. The third-order valence-corrected chi connectivity index (χ3v) is 3.03. The van der Waals surface area contributed by atoms with Gasteiger partial charge in [0.2, 0.25) is 0 Å². The Labute approximate surface area is 121 Å². The van der Waals surface area contributed by atoms with Gasteiger partial charge in [-0.1, -0.05) is 23.7 Å². The van der Waals surface area contributed by atoms with Crippen LogP contribution in [0.1, 0.15) is 5.56 Å². The summed E-state index contributed by atoms with van der Waals surface area (Å²) in [5, 5.41) is 9.57. The highest BCUT2D eigenvalue weighted by Gasteiger charge is 2.11. The van der Waals surface area contributed by atoms with Crippen LogP contribution in [0.15, 0.2) is 48.5 Å². The van der Waals surface area contributed by atoms with Crippen molar-refractivity contribution in [2.24, 2.45) is 0 Å². The van der Waals surface area contributed by atoms with Crippen molar-refractivity contribution < 1.29 is 14.3 Å². The predicted molar refractivity (Wildman–Crippen MR) is 76.5 cm³/mol. The second-order valence-corrected chi connectivity index (χ2v) is 4.79. The predicted octanol–water partition coefficient (Wildman–Crippen LogP) is 3.57. The van der Waals surface area contributed by atoms with E-state index in [9.17, 15) is 9.18 Å². The van der Waals surface area contributed by atoms with Gasteiger partial charge in [0.1, 0.15) is 12.4 Å². The Morgan fingerprint density at radius 2 is 1.90 bits per heavy atom. The van der Waals surface area contributed by atoms with Crippen molar-refractivity contribution in [1.29, 1.82) is 0 Å². The van der Waals surface area contributed by atoms with Crippen LogP contribution in [-0.4, -0.2) is 17.6 Å². The van der Waals surface area contributed by atoms with Gasteiger partial charge in [-0.05, 0) is 42.0 Å². The second kappa shape index (κ2) is 6.39. The molecule has 5 heteroatoms. The smallest absolute Gasteiger partial charge is 0.323 e. The van der Waals surface area contributed by atoms with E-state index in [0.29, 0.717) is 17.1 Å². The van der Waals surface area contributed by atoms with Gasteiger partial charge in [-0.3, -0.25) is 4.79 Å². The molecular weight excluding hydrogens is 281 g/mol. The molecule has 0 heterocycles. The molecule has 2 aromatic rings. The van der Waals surface area contributed by atoms with E-state index < -0.39 is 5.97 Å². The molecule has 0 unspecified atom stereocenters. The highest BCUT2D eigenvalue weighted by Crippen LogP contribution is 2.20. The molecule has 104 valence electrons. The minimum Gasteiger partial charge on any atom is -0.480 e. The molecule has 3 nitrogen and oxygen atoms in total. The lowest BCUT2D eigenvalue weighted by molar-refractivity contribution is -0.135. The molecular formula is C15H13ClFNO2. The molecule has 0 radical (unpaired) electrons. The van der Waals surface area contributed by atoms with Crippen LogP contribution in [0.4, 0.5) is 10.1 Å². The van der Waals surface area contributed by atoms with Crippen molar-refractivity contribution in [1.82, 2.24) is 0 Å². The first-order valence-corrected chi connectivity index (χ1v) is 6.39. The Kier molecular flexibility index (Phi) is 4.58. The van der Waals surface area contributed by atoms with E-state index in [-0.39, 0.29) is 12.4 Å². The summed E-state index contributed by atoms with van der Waals surface area (Å²) in [6.07, 6.45) is 0. The van der Waals surface area contributed by atoms with Crippen LogP contribution in [-0.2, 0) is 11.3 Å². The number of hydrogen-bond acceptors (Lipinski definition) is 2.